The zero-order valence-electron chi connectivity index (χ0n) is 9.97. The van der Waals surface area contributed by atoms with Gasteiger partial charge in [0, 0.05) is 18.8 Å². The van der Waals surface area contributed by atoms with Crippen LogP contribution in [0.1, 0.15) is 37.9 Å². The molecule has 16 heavy (non-hydrogen) atoms. The Morgan fingerprint density at radius 3 is 2.81 bits per heavy atom. The van der Waals surface area contributed by atoms with Gasteiger partial charge in [0.15, 0.2) is 0 Å². The summed E-state index contributed by atoms with van der Waals surface area (Å²) in [5.41, 5.74) is 7.04. The first-order chi connectivity index (χ1) is 7.86. The molecule has 0 saturated heterocycles. The molecule has 1 fully saturated rings. The molecular formula is C13H21N3. The van der Waals surface area contributed by atoms with Gasteiger partial charge in [-0.25, -0.2) is 0 Å². The number of pyridine rings is 1. The second-order valence-electron chi connectivity index (χ2n) is 4.48. The molecule has 2 rings (SSSR count). The van der Waals surface area contributed by atoms with E-state index in [4.69, 9.17) is 5.73 Å². The molecule has 0 aromatic carbocycles. The molecule has 1 saturated carbocycles. The third kappa shape index (κ3) is 2.60. The first kappa shape index (κ1) is 11.6. The number of hydrogen-bond donors (Lipinski definition) is 1. The molecule has 1 heterocycles. The van der Waals surface area contributed by atoms with Crippen molar-refractivity contribution in [1.82, 2.24) is 9.88 Å². The van der Waals surface area contributed by atoms with E-state index in [0.717, 1.165) is 18.3 Å². The summed E-state index contributed by atoms with van der Waals surface area (Å²) in [4.78, 5) is 6.97. The van der Waals surface area contributed by atoms with Crippen LogP contribution in [0.3, 0.4) is 0 Å². The highest BCUT2D eigenvalue weighted by atomic mass is 15.2. The summed E-state index contributed by atoms with van der Waals surface area (Å²) in [6, 6.07) is 7.13. The molecule has 0 bridgehead atoms. The van der Waals surface area contributed by atoms with E-state index < -0.39 is 0 Å². The topological polar surface area (TPSA) is 42.1 Å². The third-order valence-corrected chi connectivity index (χ3v) is 3.15. The average Bonchev–Trinajstić information content (AvgIpc) is 3.14. The van der Waals surface area contributed by atoms with Gasteiger partial charge in [0.25, 0.3) is 0 Å². The van der Waals surface area contributed by atoms with Crippen LogP contribution in [0.15, 0.2) is 24.4 Å². The van der Waals surface area contributed by atoms with Gasteiger partial charge in [-0.05, 0) is 37.9 Å². The number of nitrogens with zero attached hydrogens (tertiary/aromatic N) is 2. The summed E-state index contributed by atoms with van der Waals surface area (Å²) in [6.45, 7) is 4.01. The molecule has 0 aliphatic heterocycles. The van der Waals surface area contributed by atoms with Gasteiger partial charge in [-0.15, -0.1) is 0 Å². The molecule has 1 aliphatic rings. The molecule has 3 heteroatoms. The van der Waals surface area contributed by atoms with Gasteiger partial charge < -0.3 is 5.73 Å². The molecule has 1 aromatic heterocycles. The lowest BCUT2D eigenvalue weighted by atomic mass is 10.1. The first-order valence-electron chi connectivity index (χ1n) is 6.23. The van der Waals surface area contributed by atoms with Gasteiger partial charge in [-0.1, -0.05) is 13.0 Å². The molecule has 1 atom stereocenters. The zero-order chi connectivity index (χ0) is 11.4. The van der Waals surface area contributed by atoms with E-state index >= 15 is 0 Å². The van der Waals surface area contributed by atoms with Crippen LogP contribution >= 0.6 is 0 Å². The van der Waals surface area contributed by atoms with Crippen LogP contribution in [0.25, 0.3) is 0 Å². The Kier molecular flexibility index (Phi) is 3.91. The monoisotopic (exact) mass is 219 g/mol. The van der Waals surface area contributed by atoms with Crippen LogP contribution in [0.4, 0.5) is 0 Å². The highest BCUT2D eigenvalue weighted by Gasteiger charge is 2.33. The van der Waals surface area contributed by atoms with Crippen molar-refractivity contribution in [2.75, 3.05) is 13.1 Å². The smallest absolute Gasteiger partial charge is 0.0646 e. The third-order valence-electron chi connectivity index (χ3n) is 3.15. The number of aromatic nitrogens is 1. The highest BCUT2D eigenvalue weighted by Crippen LogP contribution is 2.33. The van der Waals surface area contributed by atoms with Crippen LogP contribution in [0.2, 0.25) is 0 Å². The quantitative estimate of drug-likeness (QED) is 0.795. The maximum Gasteiger partial charge on any atom is 0.0646 e. The number of nitrogens with two attached hydrogens (primary N) is 1. The first-order valence-corrected chi connectivity index (χ1v) is 6.23. The van der Waals surface area contributed by atoms with Gasteiger partial charge in [0.1, 0.15) is 0 Å². The fourth-order valence-corrected chi connectivity index (χ4v) is 2.26. The fourth-order valence-electron chi connectivity index (χ4n) is 2.26. The van der Waals surface area contributed by atoms with Gasteiger partial charge >= 0.3 is 0 Å². The summed E-state index contributed by atoms with van der Waals surface area (Å²) in [5, 5.41) is 0. The van der Waals surface area contributed by atoms with E-state index in [-0.39, 0.29) is 0 Å². The van der Waals surface area contributed by atoms with Crippen molar-refractivity contribution in [2.45, 2.75) is 38.3 Å². The molecule has 3 nitrogen and oxygen atoms in total. The second-order valence-corrected chi connectivity index (χ2v) is 4.48. The van der Waals surface area contributed by atoms with E-state index in [1.807, 2.05) is 18.3 Å². The summed E-state index contributed by atoms with van der Waals surface area (Å²) in [6.07, 6.45) is 5.68. The van der Waals surface area contributed by atoms with Crippen molar-refractivity contribution in [3.05, 3.63) is 30.1 Å². The zero-order valence-corrected chi connectivity index (χ0v) is 9.97. The maximum absolute atomic E-state index is 5.92. The summed E-state index contributed by atoms with van der Waals surface area (Å²) >= 11 is 0. The van der Waals surface area contributed by atoms with Gasteiger partial charge in [0.2, 0.25) is 0 Å². The molecule has 0 radical (unpaired) electrons. The van der Waals surface area contributed by atoms with E-state index in [1.165, 1.54) is 19.3 Å². The predicted molar refractivity (Wildman–Crippen MR) is 66.1 cm³/mol. The Balaban J connectivity index is 2.13. The van der Waals surface area contributed by atoms with Crippen LogP contribution in [-0.4, -0.2) is 29.0 Å². The fraction of sp³-hybridized carbons (Fsp3) is 0.615. The predicted octanol–water partition coefficient (Wildman–Crippen LogP) is 1.96. The van der Waals surface area contributed by atoms with E-state index in [0.29, 0.717) is 12.6 Å². The van der Waals surface area contributed by atoms with Crippen molar-refractivity contribution in [3.8, 4) is 0 Å². The normalized spacial score (nSPS) is 17.7. The van der Waals surface area contributed by atoms with Crippen molar-refractivity contribution in [1.29, 1.82) is 0 Å². The summed E-state index contributed by atoms with van der Waals surface area (Å²) in [5.74, 6) is 0. The molecule has 2 N–H and O–H groups in total. The van der Waals surface area contributed by atoms with Crippen LogP contribution in [0, 0.1) is 0 Å². The molecule has 0 spiro atoms. The Morgan fingerprint density at radius 1 is 1.50 bits per heavy atom. The Morgan fingerprint density at radius 2 is 2.31 bits per heavy atom. The molecule has 88 valence electrons. The lowest BCUT2D eigenvalue weighted by Gasteiger charge is -2.30. The van der Waals surface area contributed by atoms with Gasteiger partial charge in [-0.2, -0.15) is 0 Å². The minimum absolute atomic E-state index is 0.300. The molecule has 1 unspecified atom stereocenters. The van der Waals surface area contributed by atoms with Crippen molar-refractivity contribution in [3.63, 3.8) is 0 Å². The molecular weight excluding hydrogens is 198 g/mol. The number of hydrogen-bond acceptors (Lipinski definition) is 3. The van der Waals surface area contributed by atoms with Crippen molar-refractivity contribution in [2.24, 2.45) is 5.73 Å². The van der Waals surface area contributed by atoms with E-state index in [2.05, 4.69) is 22.9 Å². The largest absolute Gasteiger partial charge is 0.329 e. The molecule has 1 aromatic rings. The van der Waals surface area contributed by atoms with Crippen molar-refractivity contribution >= 4 is 0 Å². The minimum Gasteiger partial charge on any atom is -0.329 e. The summed E-state index contributed by atoms with van der Waals surface area (Å²) in [7, 11) is 0. The van der Waals surface area contributed by atoms with Crippen LogP contribution < -0.4 is 5.73 Å². The van der Waals surface area contributed by atoms with Crippen LogP contribution in [-0.2, 0) is 0 Å². The number of rotatable bonds is 6. The maximum atomic E-state index is 5.92. The van der Waals surface area contributed by atoms with E-state index in [1.54, 1.807) is 0 Å². The average molecular weight is 219 g/mol. The Bertz CT molecular complexity index is 308. The van der Waals surface area contributed by atoms with Gasteiger partial charge in [0.05, 0.1) is 11.7 Å². The minimum atomic E-state index is 0.300. The van der Waals surface area contributed by atoms with Crippen molar-refractivity contribution < 1.29 is 0 Å². The lowest BCUT2D eigenvalue weighted by molar-refractivity contribution is 0.188. The second kappa shape index (κ2) is 5.41. The SMILES string of the molecule is CCCN(C1CC1)C(CN)c1ccccn1. The standard InChI is InChI=1S/C13H21N3/c1-2-9-16(11-6-7-11)13(10-14)12-5-3-4-8-15-12/h3-5,8,11,13H,2,6-7,9-10,14H2,1H3. The molecule has 0 amide bonds. The van der Waals surface area contributed by atoms with Gasteiger partial charge in [-0.3, -0.25) is 9.88 Å². The summed E-state index contributed by atoms with van der Waals surface area (Å²) < 4.78 is 0. The lowest BCUT2D eigenvalue weighted by Crippen LogP contribution is -2.36. The van der Waals surface area contributed by atoms with E-state index in [9.17, 15) is 0 Å². The molecule has 1 aliphatic carbocycles. The highest BCUT2D eigenvalue weighted by molar-refractivity contribution is 5.10. The Labute approximate surface area is 97.7 Å². The van der Waals surface area contributed by atoms with Crippen LogP contribution in [0.5, 0.6) is 0 Å². The Hall–Kier alpha value is -0.930.